The predicted molar refractivity (Wildman–Crippen MR) is 82.5 cm³/mol. The lowest BCUT2D eigenvalue weighted by molar-refractivity contribution is 0.510. The van der Waals surface area contributed by atoms with Crippen LogP contribution < -0.4 is 5.73 Å². The van der Waals surface area contributed by atoms with Crippen LogP contribution in [0.2, 0.25) is 0 Å². The molecule has 96 valence electrons. The predicted octanol–water partition coefficient (Wildman–Crippen LogP) is 3.07. The van der Waals surface area contributed by atoms with Crippen molar-refractivity contribution in [2.24, 2.45) is 21.6 Å². The van der Waals surface area contributed by atoms with Gasteiger partial charge in [-0.15, -0.1) is 0 Å². The number of aliphatic imine (C=N–C) groups is 2. The third-order valence-corrected chi connectivity index (χ3v) is 4.18. The van der Waals surface area contributed by atoms with Crippen molar-refractivity contribution in [3.05, 3.63) is 58.6 Å². The highest BCUT2D eigenvalue weighted by Crippen LogP contribution is 2.33. The largest absolute Gasteiger partial charge is 0.387 e. The van der Waals surface area contributed by atoms with Gasteiger partial charge in [-0.2, -0.15) is 0 Å². The van der Waals surface area contributed by atoms with Crippen LogP contribution in [-0.2, 0) is 0 Å². The van der Waals surface area contributed by atoms with E-state index in [1.165, 1.54) is 0 Å². The molecule has 1 aliphatic heterocycles. The molecule has 0 saturated heterocycles. The minimum atomic E-state index is -0.342. The molecule has 0 fully saturated rings. The zero-order valence-corrected chi connectivity index (χ0v) is 12.1. The lowest BCUT2D eigenvalue weighted by atomic mass is 9.81. The van der Waals surface area contributed by atoms with Gasteiger partial charge in [0.15, 0.2) is 5.84 Å². The van der Waals surface area contributed by atoms with E-state index in [9.17, 15) is 0 Å². The minimum absolute atomic E-state index is 0.0451. The molecule has 0 spiro atoms. The maximum Gasteiger partial charge on any atom is 0.158 e. The number of benzene rings is 1. The topological polar surface area (TPSA) is 50.7 Å². The zero-order chi connectivity index (χ0) is 13.5. The van der Waals surface area contributed by atoms with Gasteiger partial charge >= 0.3 is 0 Å². The molecule has 1 aliphatic carbocycles. The van der Waals surface area contributed by atoms with Crippen LogP contribution in [-0.4, -0.2) is 17.2 Å². The lowest BCUT2D eigenvalue weighted by Gasteiger charge is -2.34. The molecule has 0 amide bonds. The summed E-state index contributed by atoms with van der Waals surface area (Å²) in [6, 6.07) is 7.91. The van der Waals surface area contributed by atoms with E-state index in [-0.39, 0.29) is 11.5 Å². The van der Waals surface area contributed by atoms with Gasteiger partial charge in [-0.3, -0.25) is 4.99 Å². The standard InChI is InChI=1S/C15H14BrN3/c1-15-9-5-4-7-11(15)13(17)18-14(19-15)10-6-2-3-8-12(10)16/h2-9,11H,1H3,(H2,17,18,19)/t11?,15-/m1/s1. The minimum Gasteiger partial charge on any atom is -0.387 e. The average Bonchev–Trinajstić information content (AvgIpc) is 2.38. The Morgan fingerprint density at radius 2 is 2.05 bits per heavy atom. The van der Waals surface area contributed by atoms with E-state index < -0.39 is 0 Å². The summed E-state index contributed by atoms with van der Waals surface area (Å²) in [7, 11) is 0. The summed E-state index contributed by atoms with van der Waals surface area (Å²) in [5.74, 6) is 1.34. The zero-order valence-electron chi connectivity index (χ0n) is 10.5. The summed E-state index contributed by atoms with van der Waals surface area (Å²) in [5.41, 5.74) is 6.74. The number of halogens is 1. The normalized spacial score (nSPS) is 28.6. The molecule has 0 saturated carbocycles. The highest BCUT2D eigenvalue weighted by Gasteiger charge is 2.37. The van der Waals surface area contributed by atoms with Crippen molar-refractivity contribution in [2.75, 3.05) is 0 Å². The van der Waals surface area contributed by atoms with Gasteiger partial charge in [-0.05, 0) is 13.0 Å². The van der Waals surface area contributed by atoms with Crippen LogP contribution in [0.25, 0.3) is 0 Å². The van der Waals surface area contributed by atoms with Gasteiger partial charge in [0.25, 0.3) is 0 Å². The molecule has 19 heavy (non-hydrogen) atoms. The lowest BCUT2D eigenvalue weighted by Crippen LogP contribution is -2.44. The maximum atomic E-state index is 6.12. The Bertz CT molecular complexity index is 643. The summed E-state index contributed by atoms with van der Waals surface area (Å²) < 4.78 is 0.975. The smallest absolute Gasteiger partial charge is 0.158 e. The first-order chi connectivity index (χ1) is 9.10. The van der Waals surface area contributed by atoms with Gasteiger partial charge in [0, 0.05) is 10.0 Å². The number of nitrogens with zero attached hydrogens (tertiary/aromatic N) is 2. The van der Waals surface area contributed by atoms with Gasteiger partial charge in [-0.25, -0.2) is 4.99 Å². The molecule has 3 rings (SSSR count). The third kappa shape index (κ3) is 2.06. The number of fused-ring (bicyclic) bond motifs is 1. The Hall–Kier alpha value is -1.68. The second kappa shape index (κ2) is 4.46. The van der Waals surface area contributed by atoms with E-state index in [0.717, 1.165) is 10.0 Å². The summed E-state index contributed by atoms with van der Waals surface area (Å²) in [5, 5.41) is 0. The van der Waals surface area contributed by atoms with E-state index in [1.807, 2.05) is 36.4 Å². The van der Waals surface area contributed by atoms with E-state index in [1.54, 1.807) is 0 Å². The molecular weight excluding hydrogens is 302 g/mol. The second-order valence-electron chi connectivity index (χ2n) is 4.90. The molecule has 2 atom stereocenters. The maximum absolute atomic E-state index is 6.12. The molecule has 4 heteroatoms. The van der Waals surface area contributed by atoms with Crippen LogP contribution in [0.15, 0.2) is 63.0 Å². The number of rotatable bonds is 1. The summed E-state index contributed by atoms with van der Waals surface area (Å²) in [4.78, 5) is 9.27. The van der Waals surface area contributed by atoms with E-state index in [4.69, 9.17) is 10.7 Å². The van der Waals surface area contributed by atoms with Crippen molar-refractivity contribution in [1.82, 2.24) is 0 Å². The molecule has 1 heterocycles. The van der Waals surface area contributed by atoms with Crippen LogP contribution in [0.5, 0.6) is 0 Å². The van der Waals surface area contributed by atoms with E-state index in [0.29, 0.717) is 11.7 Å². The molecule has 2 aliphatic rings. The van der Waals surface area contributed by atoms with Crippen LogP contribution in [0.1, 0.15) is 12.5 Å². The SMILES string of the molecule is C[C@@]12C=CC=CC1C(N)=NC(c1ccccc1Br)=N2. The number of hydrogen-bond acceptors (Lipinski definition) is 3. The second-order valence-corrected chi connectivity index (χ2v) is 5.75. The Labute approximate surface area is 120 Å². The molecule has 1 aromatic carbocycles. The molecule has 1 aromatic rings. The first-order valence-electron chi connectivity index (χ1n) is 6.15. The van der Waals surface area contributed by atoms with Crippen molar-refractivity contribution in [1.29, 1.82) is 0 Å². The van der Waals surface area contributed by atoms with E-state index in [2.05, 4.69) is 40.0 Å². The van der Waals surface area contributed by atoms with Crippen LogP contribution in [0.4, 0.5) is 0 Å². The van der Waals surface area contributed by atoms with Gasteiger partial charge in [0.05, 0.1) is 11.5 Å². The Morgan fingerprint density at radius 1 is 1.26 bits per heavy atom. The fraction of sp³-hybridized carbons (Fsp3) is 0.200. The molecular formula is C15H14BrN3. The molecule has 3 nitrogen and oxygen atoms in total. The van der Waals surface area contributed by atoms with Crippen molar-refractivity contribution in [2.45, 2.75) is 12.5 Å². The Balaban J connectivity index is 2.12. The molecule has 0 radical (unpaired) electrons. The number of hydrogen-bond donors (Lipinski definition) is 1. The highest BCUT2D eigenvalue weighted by atomic mass is 79.9. The molecule has 2 N–H and O–H groups in total. The third-order valence-electron chi connectivity index (χ3n) is 3.49. The van der Waals surface area contributed by atoms with Gasteiger partial charge in [-0.1, -0.05) is 58.4 Å². The van der Waals surface area contributed by atoms with Crippen molar-refractivity contribution >= 4 is 27.6 Å². The van der Waals surface area contributed by atoms with E-state index >= 15 is 0 Å². The van der Waals surface area contributed by atoms with Gasteiger partial charge in [0.2, 0.25) is 0 Å². The number of allylic oxidation sites excluding steroid dienone is 2. The van der Waals surface area contributed by atoms with Gasteiger partial charge in [0.1, 0.15) is 5.84 Å². The fourth-order valence-electron chi connectivity index (χ4n) is 2.44. The number of nitrogens with two attached hydrogens (primary N) is 1. The summed E-state index contributed by atoms with van der Waals surface area (Å²) in [6.45, 7) is 2.08. The molecule has 1 unspecified atom stereocenters. The van der Waals surface area contributed by atoms with Crippen molar-refractivity contribution in [3.63, 3.8) is 0 Å². The van der Waals surface area contributed by atoms with Crippen molar-refractivity contribution in [3.8, 4) is 0 Å². The quantitative estimate of drug-likeness (QED) is 0.850. The first-order valence-corrected chi connectivity index (χ1v) is 6.94. The molecule has 0 aromatic heterocycles. The first kappa shape index (κ1) is 12.4. The fourth-order valence-corrected chi connectivity index (χ4v) is 2.90. The van der Waals surface area contributed by atoms with Gasteiger partial charge < -0.3 is 5.73 Å². The average molecular weight is 316 g/mol. The van der Waals surface area contributed by atoms with Crippen molar-refractivity contribution < 1.29 is 0 Å². The summed E-state index contributed by atoms with van der Waals surface area (Å²) >= 11 is 3.53. The van der Waals surface area contributed by atoms with Crippen LogP contribution in [0, 0.1) is 5.92 Å². The monoisotopic (exact) mass is 315 g/mol. The highest BCUT2D eigenvalue weighted by molar-refractivity contribution is 9.10. The van der Waals surface area contributed by atoms with Crippen LogP contribution in [0.3, 0.4) is 0 Å². The Kier molecular flexibility index (Phi) is 2.90. The number of amidine groups is 2. The summed E-state index contributed by atoms with van der Waals surface area (Å²) in [6.07, 6.45) is 8.14. The Morgan fingerprint density at radius 3 is 2.84 bits per heavy atom. The van der Waals surface area contributed by atoms with Crippen LogP contribution >= 0.6 is 15.9 Å². The molecule has 0 bridgehead atoms.